The molecular formula is C15H23N5O. The standard InChI is InChI=1S/C15H23N5O/c1-5-16-12(4)14-18-19-15(21-14)20(6-2)10-13-9-7-8-11(3)17-13/h7-9,12,16H,5-6,10H2,1-4H3. The van der Waals surface area contributed by atoms with E-state index in [-0.39, 0.29) is 6.04 Å². The van der Waals surface area contributed by atoms with Crippen molar-refractivity contribution in [3.63, 3.8) is 0 Å². The number of anilines is 1. The predicted octanol–water partition coefficient (Wildman–Crippen LogP) is 2.47. The maximum absolute atomic E-state index is 5.77. The van der Waals surface area contributed by atoms with Gasteiger partial charge in [-0.2, -0.15) is 0 Å². The largest absolute Gasteiger partial charge is 0.406 e. The molecule has 21 heavy (non-hydrogen) atoms. The highest BCUT2D eigenvalue weighted by Gasteiger charge is 2.17. The Morgan fingerprint density at radius 2 is 2.10 bits per heavy atom. The molecule has 2 aromatic rings. The van der Waals surface area contributed by atoms with E-state index in [0.29, 0.717) is 18.5 Å². The molecule has 0 bridgehead atoms. The van der Waals surface area contributed by atoms with Crippen molar-refractivity contribution in [3.05, 3.63) is 35.5 Å². The summed E-state index contributed by atoms with van der Waals surface area (Å²) in [7, 11) is 0. The van der Waals surface area contributed by atoms with Gasteiger partial charge in [-0.1, -0.05) is 18.1 Å². The second-order valence-corrected chi connectivity index (χ2v) is 4.99. The van der Waals surface area contributed by atoms with Crippen LogP contribution in [0, 0.1) is 6.92 Å². The van der Waals surface area contributed by atoms with Gasteiger partial charge in [0, 0.05) is 12.2 Å². The highest BCUT2D eigenvalue weighted by molar-refractivity contribution is 5.26. The second kappa shape index (κ2) is 7.17. The van der Waals surface area contributed by atoms with Crippen molar-refractivity contribution < 1.29 is 4.42 Å². The number of pyridine rings is 1. The Labute approximate surface area is 125 Å². The molecule has 0 amide bonds. The zero-order chi connectivity index (χ0) is 15.2. The second-order valence-electron chi connectivity index (χ2n) is 4.99. The Kier molecular flexibility index (Phi) is 5.27. The summed E-state index contributed by atoms with van der Waals surface area (Å²) in [5.74, 6) is 0.613. The summed E-state index contributed by atoms with van der Waals surface area (Å²) in [6.07, 6.45) is 0. The number of aromatic nitrogens is 3. The SMILES string of the molecule is CCNC(C)c1nnc(N(CC)Cc2cccc(C)n2)o1. The first-order chi connectivity index (χ1) is 10.1. The lowest BCUT2D eigenvalue weighted by molar-refractivity contribution is 0.418. The van der Waals surface area contributed by atoms with Gasteiger partial charge in [-0.15, -0.1) is 5.10 Å². The Morgan fingerprint density at radius 3 is 2.76 bits per heavy atom. The van der Waals surface area contributed by atoms with Gasteiger partial charge in [-0.05, 0) is 39.4 Å². The molecule has 1 unspecified atom stereocenters. The molecule has 114 valence electrons. The van der Waals surface area contributed by atoms with Gasteiger partial charge >= 0.3 is 6.01 Å². The molecule has 0 aliphatic heterocycles. The van der Waals surface area contributed by atoms with Crippen molar-refractivity contribution in [1.82, 2.24) is 20.5 Å². The van der Waals surface area contributed by atoms with Gasteiger partial charge in [0.15, 0.2) is 0 Å². The van der Waals surface area contributed by atoms with Crippen LogP contribution in [0.1, 0.15) is 44.1 Å². The molecule has 1 N–H and O–H groups in total. The normalized spacial score (nSPS) is 12.4. The minimum absolute atomic E-state index is 0.0621. The van der Waals surface area contributed by atoms with Crippen molar-refractivity contribution in [2.45, 2.75) is 40.3 Å². The van der Waals surface area contributed by atoms with Crippen LogP contribution in [0.3, 0.4) is 0 Å². The van der Waals surface area contributed by atoms with E-state index in [0.717, 1.165) is 24.5 Å². The smallest absolute Gasteiger partial charge is 0.318 e. The van der Waals surface area contributed by atoms with Crippen molar-refractivity contribution >= 4 is 6.01 Å². The molecule has 0 aliphatic rings. The molecule has 0 radical (unpaired) electrons. The van der Waals surface area contributed by atoms with E-state index < -0.39 is 0 Å². The van der Waals surface area contributed by atoms with E-state index in [1.54, 1.807) is 0 Å². The molecule has 6 nitrogen and oxygen atoms in total. The molecule has 1 atom stereocenters. The van der Waals surface area contributed by atoms with Crippen LogP contribution in [0.15, 0.2) is 22.6 Å². The first-order valence-corrected chi connectivity index (χ1v) is 7.38. The third-order valence-corrected chi connectivity index (χ3v) is 3.26. The lowest BCUT2D eigenvalue weighted by Gasteiger charge is -2.17. The Morgan fingerprint density at radius 1 is 1.29 bits per heavy atom. The molecule has 0 aliphatic carbocycles. The van der Waals surface area contributed by atoms with Crippen LogP contribution in [-0.2, 0) is 6.54 Å². The van der Waals surface area contributed by atoms with Crippen LogP contribution in [0.2, 0.25) is 0 Å². The minimum atomic E-state index is 0.0621. The number of hydrogen-bond acceptors (Lipinski definition) is 6. The summed E-state index contributed by atoms with van der Waals surface area (Å²) in [5, 5.41) is 11.5. The van der Waals surface area contributed by atoms with Crippen molar-refractivity contribution in [3.8, 4) is 0 Å². The highest BCUT2D eigenvalue weighted by Crippen LogP contribution is 2.18. The van der Waals surface area contributed by atoms with E-state index in [2.05, 4.69) is 34.3 Å². The number of nitrogens with one attached hydrogen (secondary N) is 1. The van der Waals surface area contributed by atoms with Crippen molar-refractivity contribution in [2.24, 2.45) is 0 Å². The first kappa shape index (κ1) is 15.4. The Balaban J connectivity index is 2.10. The average Bonchev–Trinajstić information content (AvgIpc) is 2.95. The Hall–Kier alpha value is -1.95. The van der Waals surface area contributed by atoms with Crippen LogP contribution >= 0.6 is 0 Å². The fraction of sp³-hybridized carbons (Fsp3) is 0.533. The molecule has 2 aromatic heterocycles. The zero-order valence-corrected chi connectivity index (χ0v) is 13.1. The number of rotatable bonds is 7. The maximum Gasteiger partial charge on any atom is 0.318 e. The maximum atomic E-state index is 5.77. The van der Waals surface area contributed by atoms with Gasteiger partial charge < -0.3 is 14.6 Å². The quantitative estimate of drug-likeness (QED) is 0.844. The monoisotopic (exact) mass is 289 g/mol. The molecule has 2 rings (SSSR count). The van der Waals surface area contributed by atoms with E-state index in [1.165, 1.54) is 0 Å². The van der Waals surface area contributed by atoms with Gasteiger partial charge in [0.25, 0.3) is 0 Å². The summed E-state index contributed by atoms with van der Waals surface area (Å²) < 4.78 is 5.77. The Bertz CT molecular complexity index is 569. The lowest BCUT2D eigenvalue weighted by Crippen LogP contribution is -2.23. The topological polar surface area (TPSA) is 67.1 Å². The summed E-state index contributed by atoms with van der Waals surface area (Å²) in [5.41, 5.74) is 2.01. The van der Waals surface area contributed by atoms with Gasteiger partial charge in [-0.25, -0.2) is 0 Å². The summed E-state index contributed by atoms with van der Waals surface area (Å²) in [4.78, 5) is 6.54. The van der Waals surface area contributed by atoms with Crippen LogP contribution in [-0.4, -0.2) is 28.3 Å². The summed E-state index contributed by atoms with van der Waals surface area (Å²) >= 11 is 0. The summed E-state index contributed by atoms with van der Waals surface area (Å²) in [6.45, 7) is 10.4. The van der Waals surface area contributed by atoms with E-state index in [4.69, 9.17) is 4.42 Å². The average molecular weight is 289 g/mol. The van der Waals surface area contributed by atoms with Crippen LogP contribution in [0.4, 0.5) is 6.01 Å². The van der Waals surface area contributed by atoms with Gasteiger partial charge in [0.2, 0.25) is 5.89 Å². The third kappa shape index (κ3) is 4.01. The fourth-order valence-corrected chi connectivity index (χ4v) is 2.12. The van der Waals surface area contributed by atoms with Crippen molar-refractivity contribution in [2.75, 3.05) is 18.0 Å². The third-order valence-electron chi connectivity index (χ3n) is 3.26. The molecule has 0 saturated carbocycles. The fourth-order valence-electron chi connectivity index (χ4n) is 2.12. The van der Waals surface area contributed by atoms with Crippen molar-refractivity contribution in [1.29, 1.82) is 0 Å². The summed E-state index contributed by atoms with van der Waals surface area (Å²) in [6, 6.07) is 6.61. The van der Waals surface area contributed by atoms with Crippen LogP contribution in [0.5, 0.6) is 0 Å². The molecule has 0 saturated heterocycles. The molecule has 0 aromatic carbocycles. The van der Waals surface area contributed by atoms with Gasteiger partial charge in [0.1, 0.15) is 0 Å². The number of hydrogen-bond donors (Lipinski definition) is 1. The number of aryl methyl sites for hydroxylation is 1. The molecule has 6 heteroatoms. The minimum Gasteiger partial charge on any atom is -0.406 e. The molecule has 0 spiro atoms. The van der Waals surface area contributed by atoms with E-state index >= 15 is 0 Å². The van der Waals surface area contributed by atoms with E-state index in [1.807, 2.05) is 36.9 Å². The van der Waals surface area contributed by atoms with Gasteiger partial charge in [-0.3, -0.25) is 4.98 Å². The molecule has 0 fully saturated rings. The predicted molar refractivity (Wildman–Crippen MR) is 82.1 cm³/mol. The number of nitrogens with zero attached hydrogens (tertiary/aromatic N) is 4. The highest BCUT2D eigenvalue weighted by atomic mass is 16.4. The molecule has 2 heterocycles. The molecular weight excluding hydrogens is 266 g/mol. The van der Waals surface area contributed by atoms with Crippen LogP contribution < -0.4 is 10.2 Å². The van der Waals surface area contributed by atoms with Gasteiger partial charge in [0.05, 0.1) is 18.3 Å². The lowest BCUT2D eigenvalue weighted by atomic mass is 10.3. The first-order valence-electron chi connectivity index (χ1n) is 7.38. The van der Waals surface area contributed by atoms with E-state index in [9.17, 15) is 0 Å². The van der Waals surface area contributed by atoms with Crippen LogP contribution in [0.25, 0.3) is 0 Å². The zero-order valence-electron chi connectivity index (χ0n) is 13.1.